The van der Waals surface area contributed by atoms with Gasteiger partial charge in [0.05, 0.1) is 24.2 Å². The van der Waals surface area contributed by atoms with Crippen LogP contribution in [-0.2, 0) is 30.4 Å². The van der Waals surface area contributed by atoms with Crippen LogP contribution in [0.3, 0.4) is 0 Å². The normalized spacial score (nSPS) is 17.4. The summed E-state index contributed by atoms with van der Waals surface area (Å²) in [5, 5.41) is 15.8. The minimum Gasteiger partial charge on any atom is -0.475 e. The number of carboxylic acids is 1. The Bertz CT molecular complexity index is 2030. The highest BCUT2D eigenvalue weighted by Gasteiger charge is 2.55. The third-order valence-corrected chi connectivity index (χ3v) is 10.2. The lowest BCUT2D eigenvalue weighted by molar-refractivity contribution is -0.192. The molecule has 0 saturated carbocycles. The average molecular weight is 809 g/mol. The summed E-state index contributed by atoms with van der Waals surface area (Å²) in [6.07, 6.45) is -3.35. The fraction of sp³-hybridized carbons (Fsp3) is 0.390. The van der Waals surface area contributed by atoms with Crippen LogP contribution in [0.1, 0.15) is 76.9 Å². The summed E-state index contributed by atoms with van der Waals surface area (Å²) in [4.78, 5) is 91.3. The predicted molar refractivity (Wildman–Crippen MR) is 207 cm³/mol. The number of carbonyl (C=O) groups is 7. The molecule has 3 aromatic carbocycles. The van der Waals surface area contributed by atoms with Gasteiger partial charge in [0, 0.05) is 42.0 Å². The first-order valence-electron chi connectivity index (χ1n) is 18.8. The topological polar surface area (TPSA) is 231 Å². The van der Waals surface area contributed by atoms with Crippen molar-refractivity contribution in [2.24, 2.45) is 17.4 Å². The van der Waals surface area contributed by atoms with Gasteiger partial charge in [0.1, 0.15) is 0 Å². The zero-order chi connectivity index (χ0) is 42.8. The molecule has 0 radical (unpaired) electrons. The van der Waals surface area contributed by atoms with Crippen LogP contribution in [0.2, 0.25) is 0 Å². The number of aliphatic carboxylic acids is 1. The van der Waals surface area contributed by atoms with E-state index in [9.17, 15) is 41.9 Å². The number of rotatable bonds is 15. The third-order valence-electron chi connectivity index (χ3n) is 10.2. The molecule has 1 saturated heterocycles. The van der Waals surface area contributed by atoms with Crippen LogP contribution >= 0.6 is 0 Å². The number of nitrogens with two attached hydrogens (primary N) is 2. The van der Waals surface area contributed by atoms with Gasteiger partial charge in [-0.05, 0) is 43.2 Å². The van der Waals surface area contributed by atoms with Crippen LogP contribution in [0.15, 0.2) is 72.8 Å². The molecule has 3 aromatic rings. The maximum atomic E-state index is 14.1. The van der Waals surface area contributed by atoms with Gasteiger partial charge in [-0.25, -0.2) is 4.79 Å². The lowest BCUT2D eigenvalue weighted by atomic mass is 9.83. The summed E-state index contributed by atoms with van der Waals surface area (Å²) in [7, 11) is 0. The fourth-order valence-corrected chi connectivity index (χ4v) is 6.82. The number of fused-ring (bicyclic) bond motifs is 2. The van der Waals surface area contributed by atoms with Crippen LogP contribution in [0.4, 0.5) is 18.9 Å². The molecule has 17 heteroatoms. The Kier molecular flexibility index (Phi) is 15.0. The third kappa shape index (κ3) is 10.1. The second-order valence-electron chi connectivity index (χ2n) is 14.1. The van der Waals surface area contributed by atoms with Gasteiger partial charge in [-0.1, -0.05) is 87.0 Å². The first-order valence-corrected chi connectivity index (χ1v) is 18.8. The van der Waals surface area contributed by atoms with Gasteiger partial charge in [0.2, 0.25) is 11.8 Å². The van der Waals surface area contributed by atoms with Crippen LogP contribution in [0, 0.1) is 5.92 Å². The van der Waals surface area contributed by atoms with E-state index in [1.54, 1.807) is 42.5 Å². The summed E-state index contributed by atoms with van der Waals surface area (Å²) in [6, 6.07) is 19.2. The number of likely N-dealkylation sites (tertiary alicyclic amines) is 1. The van der Waals surface area contributed by atoms with Gasteiger partial charge in [0.25, 0.3) is 5.91 Å². The van der Waals surface area contributed by atoms with E-state index in [0.29, 0.717) is 53.7 Å². The summed E-state index contributed by atoms with van der Waals surface area (Å²) in [6.45, 7) is 3.88. The van der Waals surface area contributed by atoms with E-state index in [2.05, 4.69) is 16.0 Å². The van der Waals surface area contributed by atoms with Gasteiger partial charge in [-0.3, -0.25) is 28.8 Å². The van der Waals surface area contributed by atoms with Gasteiger partial charge in [-0.15, -0.1) is 0 Å². The number of amides is 3. The van der Waals surface area contributed by atoms with Crippen molar-refractivity contribution in [2.45, 2.75) is 69.8 Å². The zero-order valence-electron chi connectivity index (χ0n) is 32.1. The SMILES string of the molecule is CC[C@H](C)[C@H](N)C(=O)NCC(=O)[C@]1(C(=O)NCCCNc2cccc3c2C(=O)c2ccccc2C3=O)CCCN1C(=O)[C@@H](N)Cc1ccccc1.O=C(O)C(F)(F)F. The molecule has 14 nitrogen and oxygen atoms in total. The Morgan fingerprint density at radius 2 is 1.47 bits per heavy atom. The summed E-state index contributed by atoms with van der Waals surface area (Å²) in [5.74, 6) is -5.66. The zero-order valence-corrected chi connectivity index (χ0v) is 32.1. The number of Topliss-reactive ketones (excluding diaryl/α,β-unsaturated/α-hetero) is 1. The Hall–Kier alpha value is -5.94. The number of hydrogen-bond donors (Lipinski definition) is 6. The van der Waals surface area contributed by atoms with Crippen LogP contribution in [-0.4, -0.2) is 101 Å². The number of ketones is 3. The van der Waals surface area contributed by atoms with Gasteiger partial charge >= 0.3 is 12.1 Å². The first kappa shape index (κ1) is 44.8. The molecule has 5 rings (SSSR count). The standard InChI is InChI=1S/C39H46N6O6.C2HF3O2/c1-3-24(2)33(41)36(49)44-23-31(46)39(18-10-21-45(39)37(50)29(40)22-25-12-5-4-6-13-25)38(51)43-20-11-19-42-30-17-9-16-28-32(30)35(48)27-15-8-7-14-26(27)34(28)47;3-2(4,5)1(6)7/h4-9,12-17,24,29,33,42H,3,10-11,18-23,40-41H2,1-2H3,(H,43,51)(H,44,49);(H,6,7)/t24-,29-,33-,39-;/m0./s1. The lowest BCUT2D eigenvalue weighted by Crippen LogP contribution is -2.66. The Morgan fingerprint density at radius 1 is 0.862 bits per heavy atom. The molecule has 2 aliphatic rings. The highest BCUT2D eigenvalue weighted by atomic mass is 19.4. The minimum atomic E-state index is -5.08. The van der Waals surface area contributed by atoms with E-state index in [0.717, 1.165) is 5.56 Å². The number of alkyl halides is 3. The minimum absolute atomic E-state index is 0.0702. The van der Waals surface area contributed by atoms with E-state index in [1.807, 2.05) is 44.2 Å². The van der Waals surface area contributed by atoms with Gasteiger partial charge in [-0.2, -0.15) is 13.2 Å². The van der Waals surface area contributed by atoms with Crippen molar-refractivity contribution in [1.82, 2.24) is 15.5 Å². The number of halogens is 3. The van der Waals surface area contributed by atoms with Crippen molar-refractivity contribution >= 4 is 46.7 Å². The molecule has 0 aromatic heterocycles. The molecule has 1 fully saturated rings. The molecule has 0 bridgehead atoms. The van der Waals surface area contributed by atoms with Crippen molar-refractivity contribution < 1.29 is 51.8 Å². The quantitative estimate of drug-likeness (QED) is 0.0755. The molecular weight excluding hydrogens is 761 g/mol. The number of nitrogens with one attached hydrogen (secondary N) is 3. The van der Waals surface area contributed by atoms with E-state index in [-0.39, 0.29) is 43.4 Å². The molecule has 58 heavy (non-hydrogen) atoms. The predicted octanol–water partition coefficient (Wildman–Crippen LogP) is 3.00. The van der Waals surface area contributed by atoms with Crippen LogP contribution in [0.25, 0.3) is 0 Å². The van der Waals surface area contributed by atoms with Crippen molar-refractivity contribution in [2.75, 3.05) is 31.5 Å². The van der Waals surface area contributed by atoms with Gasteiger partial charge < -0.3 is 37.4 Å². The molecule has 0 spiro atoms. The number of benzene rings is 3. The number of carbonyl (C=O) groups excluding carboxylic acids is 6. The number of nitrogens with zero attached hydrogens (tertiary/aromatic N) is 1. The van der Waals surface area contributed by atoms with E-state index >= 15 is 0 Å². The number of hydrogen-bond acceptors (Lipinski definition) is 10. The Morgan fingerprint density at radius 3 is 2.09 bits per heavy atom. The molecular formula is C41H47F3N6O8. The summed E-state index contributed by atoms with van der Waals surface area (Å²) < 4.78 is 31.7. The molecule has 1 aliphatic carbocycles. The Balaban J connectivity index is 0.000000973. The summed E-state index contributed by atoms with van der Waals surface area (Å²) in [5.41, 5.74) is 13.3. The van der Waals surface area contributed by atoms with Crippen LogP contribution in [0.5, 0.6) is 0 Å². The van der Waals surface area contributed by atoms with E-state index in [1.165, 1.54) is 4.90 Å². The highest BCUT2D eigenvalue weighted by molar-refractivity contribution is 6.30. The number of carboxylic acid groups (broad SMARTS) is 1. The number of anilines is 1. The largest absolute Gasteiger partial charge is 0.490 e. The maximum Gasteiger partial charge on any atom is 0.490 e. The monoisotopic (exact) mass is 808 g/mol. The van der Waals surface area contributed by atoms with Crippen molar-refractivity contribution in [1.29, 1.82) is 0 Å². The van der Waals surface area contributed by atoms with Crippen molar-refractivity contribution in [3.05, 3.63) is 101 Å². The second kappa shape index (κ2) is 19.5. The van der Waals surface area contributed by atoms with E-state index in [4.69, 9.17) is 21.4 Å². The molecule has 1 heterocycles. The van der Waals surface area contributed by atoms with Crippen molar-refractivity contribution in [3.8, 4) is 0 Å². The smallest absolute Gasteiger partial charge is 0.475 e. The first-order chi connectivity index (χ1) is 27.4. The molecule has 310 valence electrons. The fourth-order valence-electron chi connectivity index (χ4n) is 6.82. The van der Waals surface area contributed by atoms with E-state index < -0.39 is 59.8 Å². The summed E-state index contributed by atoms with van der Waals surface area (Å²) >= 11 is 0. The van der Waals surface area contributed by atoms with Crippen LogP contribution < -0.4 is 27.4 Å². The molecule has 1 aliphatic heterocycles. The molecule has 8 N–H and O–H groups in total. The van der Waals surface area contributed by atoms with Crippen molar-refractivity contribution in [3.63, 3.8) is 0 Å². The average Bonchev–Trinajstić information content (AvgIpc) is 3.67. The molecule has 0 unspecified atom stereocenters. The Labute approximate surface area is 332 Å². The molecule has 3 amide bonds. The lowest BCUT2D eigenvalue weighted by Gasteiger charge is -2.37. The van der Waals surface area contributed by atoms with Gasteiger partial charge in [0.15, 0.2) is 22.9 Å². The highest BCUT2D eigenvalue weighted by Crippen LogP contribution is 2.33. The maximum absolute atomic E-state index is 14.1. The molecule has 4 atom stereocenters. The second-order valence-corrected chi connectivity index (χ2v) is 14.1.